The van der Waals surface area contributed by atoms with Gasteiger partial charge in [-0.2, -0.15) is 9.97 Å². The standard InChI is InChI=1S/C21H27ClFN5O3/c1-20(29)11-27(5-6-30-12-20)18-15-9-24-17(22)7-16(15)25-19(26-18)31-13-21-3-2-4-28(21)10-14(23)8-21/h7,9,14,29H,2-6,8,10-13H2,1H3/t14-,20+,21+/m1/s1. The molecule has 31 heavy (non-hydrogen) atoms. The van der Waals surface area contributed by atoms with Crippen LogP contribution in [0.25, 0.3) is 10.9 Å². The van der Waals surface area contributed by atoms with Gasteiger partial charge < -0.3 is 19.5 Å². The van der Waals surface area contributed by atoms with Crippen molar-refractivity contribution in [3.8, 4) is 6.01 Å². The van der Waals surface area contributed by atoms with Crippen LogP contribution in [0.15, 0.2) is 12.3 Å². The van der Waals surface area contributed by atoms with Gasteiger partial charge in [-0.15, -0.1) is 0 Å². The lowest BCUT2D eigenvalue weighted by atomic mass is 9.95. The third-order valence-electron chi connectivity index (χ3n) is 6.49. The Morgan fingerprint density at radius 3 is 3.13 bits per heavy atom. The van der Waals surface area contributed by atoms with Crippen LogP contribution in [0.3, 0.4) is 0 Å². The fourth-order valence-electron chi connectivity index (χ4n) is 5.10. The minimum Gasteiger partial charge on any atom is -0.461 e. The summed E-state index contributed by atoms with van der Waals surface area (Å²) in [6.07, 6.45) is 3.26. The van der Waals surface area contributed by atoms with Gasteiger partial charge >= 0.3 is 6.01 Å². The molecular formula is C21H27ClFN5O3. The van der Waals surface area contributed by atoms with Crippen molar-refractivity contribution in [3.05, 3.63) is 17.4 Å². The molecule has 0 unspecified atom stereocenters. The molecule has 168 valence electrons. The van der Waals surface area contributed by atoms with E-state index in [9.17, 15) is 9.50 Å². The van der Waals surface area contributed by atoms with Crippen LogP contribution in [-0.2, 0) is 4.74 Å². The Morgan fingerprint density at radius 1 is 1.39 bits per heavy atom. The summed E-state index contributed by atoms with van der Waals surface area (Å²) in [5, 5.41) is 11.7. The van der Waals surface area contributed by atoms with Crippen LogP contribution < -0.4 is 9.64 Å². The lowest BCUT2D eigenvalue weighted by molar-refractivity contribution is -0.0123. The highest BCUT2D eigenvalue weighted by molar-refractivity contribution is 6.30. The number of hydrogen-bond donors (Lipinski definition) is 1. The molecule has 5 rings (SSSR count). The van der Waals surface area contributed by atoms with E-state index in [0.717, 1.165) is 24.8 Å². The average molecular weight is 452 g/mol. The summed E-state index contributed by atoms with van der Waals surface area (Å²) in [6.45, 7) is 5.08. The molecule has 3 saturated heterocycles. The van der Waals surface area contributed by atoms with E-state index >= 15 is 0 Å². The normalized spacial score (nSPS) is 31.7. The molecule has 3 aliphatic heterocycles. The van der Waals surface area contributed by atoms with Gasteiger partial charge in [-0.3, -0.25) is 4.90 Å². The molecule has 8 nitrogen and oxygen atoms in total. The predicted octanol–water partition coefficient (Wildman–Crippen LogP) is 2.22. The number of anilines is 1. The molecule has 0 radical (unpaired) electrons. The quantitative estimate of drug-likeness (QED) is 0.708. The smallest absolute Gasteiger partial charge is 0.319 e. The third-order valence-corrected chi connectivity index (χ3v) is 6.69. The van der Waals surface area contributed by atoms with Crippen molar-refractivity contribution in [2.24, 2.45) is 0 Å². The van der Waals surface area contributed by atoms with E-state index in [1.807, 2.05) is 4.90 Å². The van der Waals surface area contributed by atoms with Crippen LogP contribution in [-0.4, -0.2) is 88.3 Å². The maximum Gasteiger partial charge on any atom is 0.319 e. The van der Waals surface area contributed by atoms with E-state index in [4.69, 9.17) is 21.1 Å². The summed E-state index contributed by atoms with van der Waals surface area (Å²) < 4.78 is 25.7. The molecular weight excluding hydrogens is 425 g/mol. The maximum absolute atomic E-state index is 14.1. The van der Waals surface area contributed by atoms with E-state index < -0.39 is 11.8 Å². The Labute approximate surface area is 185 Å². The molecule has 2 aromatic rings. The molecule has 0 saturated carbocycles. The molecule has 0 aromatic carbocycles. The van der Waals surface area contributed by atoms with Crippen LogP contribution in [0, 0.1) is 0 Å². The van der Waals surface area contributed by atoms with Crippen LogP contribution in [0.4, 0.5) is 10.2 Å². The van der Waals surface area contributed by atoms with Crippen molar-refractivity contribution in [2.45, 2.75) is 43.5 Å². The number of pyridine rings is 1. The lowest BCUT2D eigenvalue weighted by Gasteiger charge is -2.31. The topological polar surface area (TPSA) is 83.8 Å². The monoisotopic (exact) mass is 451 g/mol. The molecule has 3 aliphatic rings. The van der Waals surface area contributed by atoms with Crippen molar-refractivity contribution in [2.75, 3.05) is 50.9 Å². The lowest BCUT2D eigenvalue weighted by Crippen LogP contribution is -2.44. The summed E-state index contributed by atoms with van der Waals surface area (Å²) in [5.74, 6) is 0.616. The number of aromatic nitrogens is 3. The van der Waals surface area contributed by atoms with Gasteiger partial charge in [-0.05, 0) is 26.3 Å². The maximum atomic E-state index is 14.1. The zero-order valence-corrected chi connectivity index (χ0v) is 18.3. The van der Waals surface area contributed by atoms with Gasteiger partial charge in [0, 0.05) is 31.8 Å². The highest BCUT2D eigenvalue weighted by Gasteiger charge is 2.49. The van der Waals surface area contributed by atoms with Gasteiger partial charge in [0.25, 0.3) is 0 Å². The molecule has 0 amide bonds. The number of hydrogen-bond acceptors (Lipinski definition) is 8. The minimum atomic E-state index is -1.02. The van der Waals surface area contributed by atoms with Crippen molar-refractivity contribution in [1.82, 2.24) is 19.9 Å². The molecule has 10 heteroatoms. The first kappa shape index (κ1) is 21.1. The molecule has 2 aromatic heterocycles. The number of nitrogens with zero attached hydrogens (tertiary/aromatic N) is 5. The second-order valence-corrected chi connectivity index (χ2v) is 9.58. The van der Waals surface area contributed by atoms with Gasteiger partial charge in [0.1, 0.15) is 29.4 Å². The number of halogens is 2. The average Bonchev–Trinajstić information content (AvgIpc) is 3.16. The molecule has 3 fully saturated rings. The molecule has 0 spiro atoms. The predicted molar refractivity (Wildman–Crippen MR) is 115 cm³/mol. The Bertz CT molecular complexity index is 979. The number of aliphatic hydroxyl groups is 1. The number of alkyl halides is 1. The molecule has 0 aliphatic carbocycles. The first-order chi connectivity index (χ1) is 14.8. The third kappa shape index (κ3) is 4.16. The second-order valence-electron chi connectivity index (χ2n) is 9.19. The summed E-state index contributed by atoms with van der Waals surface area (Å²) >= 11 is 6.11. The zero-order chi connectivity index (χ0) is 21.6. The number of fused-ring (bicyclic) bond motifs is 2. The second kappa shape index (κ2) is 7.95. The molecule has 5 heterocycles. The fourth-order valence-corrected chi connectivity index (χ4v) is 5.25. The van der Waals surface area contributed by atoms with Gasteiger partial charge in [0.05, 0.1) is 36.2 Å². The highest BCUT2D eigenvalue weighted by Crippen LogP contribution is 2.40. The summed E-state index contributed by atoms with van der Waals surface area (Å²) in [7, 11) is 0. The summed E-state index contributed by atoms with van der Waals surface area (Å²) in [6, 6.07) is 1.90. The molecule has 3 atom stereocenters. The van der Waals surface area contributed by atoms with E-state index in [1.54, 1.807) is 19.2 Å². The van der Waals surface area contributed by atoms with E-state index in [-0.39, 0.29) is 18.2 Å². The van der Waals surface area contributed by atoms with Gasteiger partial charge in [-0.1, -0.05) is 11.6 Å². The van der Waals surface area contributed by atoms with Crippen LogP contribution in [0.5, 0.6) is 6.01 Å². The van der Waals surface area contributed by atoms with Crippen molar-refractivity contribution in [1.29, 1.82) is 0 Å². The van der Waals surface area contributed by atoms with Crippen LogP contribution >= 0.6 is 11.6 Å². The van der Waals surface area contributed by atoms with Crippen LogP contribution in [0.2, 0.25) is 5.15 Å². The molecule has 1 N–H and O–H groups in total. The Hall–Kier alpha value is -1.81. The summed E-state index contributed by atoms with van der Waals surface area (Å²) in [4.78, 5) is 17.6. The van der Waals surface area contributed by atoms with E-state index in [2.05, 4.69) is 19.9 Å². The Balaban J connectivity index is 1.47. The molecule has 0 bridgehead atoms. The number of ether oxygens (including phenoxy) is 2. The Morgan fingerprint density at radius 2 is 2.26 bits per heavy atom. The highest BCUT2D eigenvalue weighted by atomic mass is 35.5. The van der Waals surface area contributed by atoms with Crippen molar-refractivity contribution >= 4 is 28.3 Å². The van der Waals surface area contributed by atoms with Gasteiger partial charge in [0.2, 0.25) is 0 Å². The number of rotatable bonds is 4. The Kier molecular flexibility index (Phi) is 5.40. The van der Waals surface area contributed by atoms with E-state index in [1.165, 1.54) is 0 Å². The first-order valence-corrected chi connectivity index (χ1v) is 11.1. The first-order valence-electron chi connectivity index (χ1n) is 10.7. The summed E-state index contributed by atoms with van der Waals surface area (Å²) in [5.41, 5.74) is -0.688. The van der Waals surface area contributed by atoms with Gasteiger partial charge in [-0.25, -0.2) is 9.37 Å². The van der Waals surface area contributed by atoms with Crippen molar-refractivity contribution in [3.63, 3.8) is 0 Å². The number of β-amino-alcohol motifs (C(OH)–C–C–N with tert-alkyl or cyclic N) is 1. The minimum absolute atomic E-state index is 0.220. The largest absolute Gasteiger partial charge is 0.461 e. The fraction of sp³-hybridized carbons (Fsp3) is 0.667. The van der Waals surface area contributed by atoms with Gasteiger partial charge in [0.15, 0.2) is 0 Å². The van der Waals surface area contributed by atoms with E-state index in [0.29, 0.717) is 55.8 Å². The van der Waals surface area contributed by atoms with Crippen LogP contribution in [0.1, 0.15) is 26.2 Å². The zero-order valence-electron chi connectivity index (χ0n) is 17.6. The van der Waals surface area contributed by atoms with Crippen molar-refractivity contribution < 1.29 is 19.0 Å². The SMILES string of the molecule is C[C@@]1(O)COCCN(c2nc(OC[C@@]34CCCN3C[C@H](F)C4)nc3cc(Cl)ncc23)C1.